The van der Waals surface area contributed by atoms with E-state index in [1.54, 1.807) is 6.92 Å². The Kier molecular flexibility index (Phi) is 5.93. The molecule has 1 aliphatic heterocycles. The lowest BCUT2D eigenvalue weighted by molar-refractivity contribution is -0.142. The van der Waals surface area contributed by atoms with Crippen LogP contribution in [0, 0.1) is 5.92 Å². The molecule has 0 spiro atoms. The van der Waals surface area contributed by atoms with Crippen molar-refractivity contribution in [1.29, 1.82) is 0 Å². The molecular weight excluding hydrogens is 270 g/mol. The van der Waals surface area contributed by atoms with Crippen molar-refractivity contribution in [1.82, 2.24) is 4.31 Å². The Morgan fingerprint density at radius 2 is 2.11 bits per heavy atom. The third kappa shape index (κ3) is 4.58. The first-order valence-electron chi connectivity index (χ1n) is 6.56. The van der Waals surface area contributed by atoms with Crippen LogP contribution < -0.4 is 0 Å². The number of rotatable bonds is 6. The number of ketones is 1. The third-order valence-electron chi connectivity index (χ3n) is 3.24. The molecule has 0 aliphatic carbocycles. The largest absolute Gasteiger partial charge is 0.466 e. The van der Waals surface area contributed by atoms with E-state index in [4.69, 9.17) is 4.74 Å². The summed E-state index contributed by atoms with van der Waals surface area (Å²) in [5.41, 5.74) is 0. The molecule has 0 saturated carbocycles. The molecule has 0 amide bonds. The third-order valence-corrected chi connectivity index (χ3v) is 5.08. The van der Waals surface area contributed by atoms with Gasteiger partial charge in [0, 0.05) is 25.4 Å². The molecule has 1 unspecified atom stereocenters. The second-order valence-electron chi connectivity index (χ2n) is 4.55. The molecule has 0 N–H and O–H groups in total. The zero-order valence-corrected chi connectivity index (χ0v) is 12.2. The van der Waals surface area contributed by atoms with E-state index in [-0.39, 0.29) is 50.0 Å². The van der Waals surface area contributed by atoms with Gasteiger partial charge in [0.15, 0.2) is 0 Å². The number of ether oxygens (including phenoxy) is 1. The number of nitrogens with zero attached hydrogens (tertiary/aromatic N) is 1. The van der Waals surface area contributed by atoms with E-state index in [0.29, 0.717) is 6.42 Å². The maximum absolute atomic E-state index is 12.1. The second kappa shape index (κ2) is 7.00. The molecule has 1 rings (SSSR count). The summed E-state index contributed by atoms with van der Waals surface area (Å²) in [6.07, 6.45) is 0.761. The number of hydrogen-bond acceptors (Lipinski definition) is 5. The minimum absolute atomic E-state index is 0.124. The minimum atomic E-state index is -3.48. The number of sulfonamides is 1. The van der Waals surface area contributed by atoms with E-state index in [1.165, 1.54) is 4.31 Å². The Morgan fingerprint density at radius 3 is 2.68 bits per heavy atom. The predicted molar refractivity (Wildman–Crippen MR) is 70.0 cm³/mol. The van der Waals surface area contributed by atoms with Gasteiger partial charge in [0.05, 0.1) is 18.8 Å². The van der Waals surface area contributed by atoms with Gasteiger partial charge >= 0.3 is 5.97 Å². The van der Waals surface area contributed by atoms with Gasteiger partial charge in [-0.2, -0.15) is 0 Å². The molecule has 1 aliphatic rings. The van der Waals surface area contributed by atoms with Crippen molar-refractivity contribution in [2.24, 2.45) is 5.92 Å². The lowest BCUT2D eigenvalue weighted by Crippen LogP contribution is -2.45. The fourth-order valence-corrected chi connectivity index (χ4v) is 3.52. The quantitative estimate of drug-likeness (QED) is 0.668. The smallest absolute Gasteiger partial charge is 0.306 e. The Balaban J connectivity index is 2.57. The van der Waals surface area contributed by atoms with Crippen molar-refractivity contribution in [3.8, 4) is 0 Å². The van der Waals surface area contributed by atoms with Gasteiger partial charge in [-0.25, -0.2) is 12.7 Å². The fourth-order valence-electron chi connectivity index (χ4n) is 2.06. The fraction of sp³-hybridized carbons (Fsp3) is 0.833. The van der Waals surface area contributed by atoms with Crippen LogP contribution >= 0.6 is 0 Å². The first-order chi connectivity index (χ1) is 8.90. The summed E-state index contributed by atoms with van der Waals surface area (Å²) < 4.78 is 30.2. The summed E-state index contributed by atoms with van der Waals surface area (Å²) in [5, 5.41) is 0. The van der Waals surface area contributed by atoms with Crippen molar-refractivity contribution in [2.75, 3.05) is 25.4 Å². The summed E-state index contributed by atoms with van der Waals surface area (Å²) in [4.78, 5) is 22.7. The number of Topliss-reactive ketones (excluding diaryl/α,β-unsaturated/α-hetero) is 1. The van der Waals surface area contributed by atoms with E-state index in [2.05, 4.69) is 0 Å². The monoisotopic (exact) mass is 291 g/mol. The zero-order chi connectivity index (χ0) is 14.5. The highest BCUT2D eigenvalue weighted by Gasteiger charge is 2.32. The van der Waals surface area contributed by atoms with E-state index < -0.39 is 16.0 Å². The Morgan fingerprint density at radius 1 is 1.42 bits per heavy atom. The molecule has 0 bridgehead atoms. The Hall–Kier alpha value is -0.950. The molecule has 1 saturated heterocycles. The average molecular weight is 291 g/mol. The van der Waals surface area contributed by atoms with Gasteiger partial charge in [0.2, 0.25) is 10.0 Å². The molecule has 110 valence electrons. The van der Waals surface area contributed by atoms with Crippen LogP contribution in [-0.2, 0) is 24.3 Å². The molecule has 7 heteroatoms. The van der Waals surface area contributed by atoms with Crippen LogP contribution in [0.15, 0.2) is 0 Å². The van der Waals surface area contributed by atoms with Crippen LogP contribution in [0.1, 0.15) is 33.1 Å². The van der Waals surface area contributed by atoms with E-state index in [9.17, 15) is 18.0 Å². The maximum Gasteiger partial charge on any atom is 0.306 e. The van der Waals surface area contributed by atoms with Crippen molar-refractivity contribution in [2.45, 2.75) is 33.1 Å². The predicted octanol–water partition coefficient (Wildman–Crippen LogP) is 0.570. The number of esters is 1. The van der Waals surface area contributed by atoms with Gasteiger partial charge in [-0.05, 0) is 13.3 Å². The second-order valence-corrected chi connectivity index (χ2v) is 6.64. The minimum Gasteiger partial charge on any atom is -0.466 e. The molecular formula is C12H21NO5S. The van der Waals surface area contributed by atoms with Gasteiger partial charge in [-0.15, -0.1) is 0 Å². The van der Waals surface area contributed by atoms with Gasteiger partial charge in [-0.1, -0.05) is 6.92 Å². The molecule has 1 fully saturated rings. The van der Waals surface area contributed by atoms with Gasteiger partial charge in [-0.3, -0.25) is 9.59 Å². The first-order valence-corrected chi connectivity index (χ1v) is 8.17. The average Bonchev–Trinajstić information content (AvgIpc) is 2.37. The highest BCUT2D eigenvalue weighted by Crippen LogP contribution is 2.19. The van der Waals surface area contributed by atoms with Gasteiger partial charge in [0.25, 0.3) is 0 Å². The summed E-state index contributed by atoms with van der Waals surface area (Å²) in [7, 11) is -3.48. The summed E-state index contributed by atoms with van der Waals surface area (Å²) in [5.74, 6) is -0.854. The SMILES string of the molecule is CCOC(=O)CCS(=O)(=O)N1CCC(=O)C(CC)C1. The van der Waals surface area contributed by atoms with Crippen LogP contribution in [0.3, 0.4) is 0 Å². The molecule has 1 atom stereocenters. The zero-order valence-electron chi connectivity index (χ0n) is 11.4. The van der Waals surface area contributed by atoms with Gasteiger partial charge < -0.3 is 4.74 Å². The molecule has 0 aromatic rings. The van der Waals surface area contributed by atoms with Crippen molar-refractivity contribution in [3.63, 3.8) is 0 Å². The normalized spacial score (nSPS) is 21.4. The van der Waals surface area contributed by atoms with Crippen molar-refractivity contribution < 1.29 is 22.7 Å². The number of hydrogen-bond donors (Lipinski definition) is 0. The molecule has 0 radical (unpaired) electrons. The lowest BCUT2D eigenvalue weighted by Gasteiger charge is -2.30. The van der Waals surface area contributed by atoms with Crippen LogP contribution in [0.4, 0.5) is 0 Å². The Labute approximate surface area is 114 Å². The molecule has 1 heterocycles. The molecule has 0 aromatic carbocycles. The molecule has 19 heavy (non-hydrogen) atoms. The Bertz CT molecular complexity index is 431. The number of carbonyl (C=O) groups is 2. The number of carbonyl (C=O) groups excluding carboxylic acids is 2. The van der Waals surface area contributed by atoms with E-state index >= 15 is 0 Å². The summed E-state index contributed by atoms with van der Waals surface area (Å²) in [6, 6.07) is 0. The highest BCUT2D eigenvalue weighted by atomic mass is 32.2. The van der Waals surface area contributed by atoms with Crippen LogP contribution in [0.25, 0.3) is 0 Å². The van der Waals surface area contributed by atoms with Crippen LogP contribution in [0.5, 0.6) is 0 Å². The molecule has 6 nitrogen and oxygen atoms in total. The van der Waals surface area contributed by atoms with Crippen molar-refractivity contribution in [3.05, 3.63) is 0 Å². The van der Waals surface area contributed by atoms with Crippen LogP contribution in [-0.4, -0.2) is 49.9 Å². The maximum atomic E-state index is 12.1. The van der Waals surface area contributed by atoms with Gasteiger partial charge in [0.1, 0.15) is 5.78 Å². The lowest BCUT2D eigenvalue weighted by atomic mass is 9.96. The first kappa shape index (κ1) is 16.1. The highest BCUT2D eigenvalue weighted by molar-refractivity contribution is 7.89. The number of piperidine rings is 1. The topological polar surface area (TPSA) is 80.8 Å². The van der Waals surface area contributed by atoms with Crippen LogP contribution in [0.2, 0.25) is 0 Å². The summed E-state index contributed by atoms with van der Waals surface area (Å²) >= 11 is 0. The van der Waals surface area contributed by atoms with Crippen molar-refractivity contribution >= 4 is 21.8 Å². The molecule has 0 aromatic heterocycles. The standard InChI is InChI=1S/C12H21NO5S/c1-3-10-9-13(7-5-11(10)14)19(16,17)8-6-12(15)18-4-2/h10H,3-9H2,1-2H3. The summed E-state index contributed by atoms with van der Waals surface area (Å²) in [6.45, 7) is 4.25. The van der Waals surface area contributed by atoms with E-state index in [0.717, 1.165) is 0 Å². The van der Waals surface area contributed by atoms with E-state index in [1.807, 2.05) is 6.92 Å².